The van der Waals surface area contributed by atoms with E-state index in [1.165, 1.54) is 13.0 Å². The van der Waals surface area contributed by atoms with Crippen molar-refractivity contribution >= 4 is 44.6 Å². The summed E-state index contributed by atoms with van der Waals surface area (Å²) in [5, 5.41) is 9.14. The molecule has 2 atom stereocenters. The van der Waals surface area contributed by atoms with Crippen LogP contribution in [0.4, 0.5) is 0 Å². The highest BCUT2D eigenvalue weighted by Gasteiger charge is 2.22. The van der Waals surface area contributed by atoms with Gasteiger partial charge in [-0.05, 0) is 13.0 Å². The molecule has 1 aromatic heterocycles. The normalized spacial score (nSPS) is 15.8. The molecular formula is C8H12Cl2N2O3S2. The van der Waals surface area contributed by atoms with Crippen LogP contribution in [0.5, 0.6) is 0 Å². The minimum atomic E-state index is -3.75. The van der Waals surface area contributed by atoms with E-state index in [1.54, 1.807) is 0 Å². The zero-order chi connectivity index (χ0) is 13.2. The Labute approximate surface area is 114 Å². The summed E-state index contributed by atoms with van der Waals surface area (Å²) in [6.07, 6.45) is -0.806. The lowest BCUT2D eigenvalue weighted by Gasteiger charge is -2.15. The van der Waals surface area contributed by atoms with Crippen molar-refractivity contribution in [2.75, 3.05) is 6.54 Å². The second-order valence-corrected chi connectivity index (χ2v) is 7.47. The predicted molar refractivity (Wildman–Crippen MR) is 69.2 cm³/mol. The molecule has 0 saturated carbocycles. The first-order valence-corrected chi connectivity index (χ1v) is 7.67. The minimum absolute atomic E-state index is 0.0769. The van der Waals surface area contributed by atoms with Crippen molar-refractivity contribution in [1.82, 2.24) is 4.72 Å². The van der Waals surface area contributed by atoms with Crippen LogP contribution in [-0.2, 0) is 10.0 Å². The van der Waals surface area contributed by atoms with Crippen LogP contribution in [-0.4, -0.2) is 32.2 Å². The summed E-state index contributed by atoms with van der Waals surface area (Å²) in [6, 6.07) is 0.586. The summed E-state index contributed by atoms with van der Waals surface area (Å²) in [6.45, 7) is 1.40. The minimum Gasteiger partial charge on any atom is -0.392 e. The van der Waals surface area contributed by atoms with Gasteiger partial charge in [-0.15, -0.1) is 11.3 Å². The topological polar surface area (TPSA) is 92.4 Å². The van der Waals surface area contributed by atoms with Crippen LogP contribution < -0.4 is 10.5 Å². The summed E-state index contributed by atoms with van der Waals surface area (Å²) in [4.78, 5) is -0.0769. The Balaban J connectivity index is 2.80. The molecule has 0 aromatic carbocycles. The van der Waals surface area contributed by atoms with E-state index in [0.29, 0.717) is 0 Å². The van der Waals surface area contributed by atoms with Gasteiger partial charge in [-0.3, -0.25) is 0 Å². The predicted octanol–water partition coefficient (Wildman–Crippen LogP) is 1.04. The highest BCUT2D eigenvalue weighted by Crippen LogP contribution is 2.33. The Bertz CT molecular complexity index is 487. The van der Waals surface area contributed by atoms with Crippen LogP contribution in [0.15, 0.2) is 11.0 Å². The van der Waals surface area contributed by atoms with Crippen LogP contribution in [0.25, 0.3) is 0 Å². The third kappa shape index (κ3) is 4.06. The SMILES string of the molecule is CC(O)C(N)CNS(=O)(=O)c1cc(Cl)sc1Cl. The summed E-state index contributed by atoms with van der Waals surface area (Å²) in [5.41, 5.74) is 5.51. The van der Waals surface area contributed by atoms with Gasteiger partial charge in [-0.25, -0.2) is 13.1 Å². The fourth-order valence-electron chi connectivity index (χ4n) is 0.963. The first kappa shape index (κ1) is 15.2. The highest BCUT2D eigenvalue weighted by molar-refractivity contribution is 7.89. The van der Waals surface area contributed by atoms with Crippen LogP contribution in [0, 0.1) is 0 Å². The maximum absolute atomic E-state index is 11.8. The Hall–Kier alpha value is 0.110. The summed E-state index contributed by atoms with van der Waals surface area (Å²) in [5.74, 6) is 0. The van der Waals surface area contributed by atoms with Crippen molar-refractivity contribution in [1.29, 1.82) is 0 Å². The van der Waals surface area contributed by atoms with Gasteiger partial charge in [0.2, 0.25) is 10.0 Å². The lowest BCUT2D eigenvalue weighted by atomic mass is 10.2. The van der Waals surface area contributed by atoms with Crippen molar-refractivity contribution < 1.29 is 13.5 Å². The standard InChI is InChI=1S/C8H12Cl2N2O3S2/c1-4(13)5(11)3-12-17(14,15)6-2-7(9)16-8(6)10/h2,4-5,12-13H,3,11H2,1H3. The molecule has 1 heterocycles. The van der Waals surface area contributed by atoms with E-state index in [4.69, 9.17) is 34.0 Å². The first-order valence-electron chi connectivity index (χ1n) is 4.62. The van der Waals surface area contributed by atoms with Crippen molar-refractivity contribution in [3.63, 3.8) is 0 Å². The van der Waals surface area contributed by atoms with Crippen molar-refractivity contribution in [3.8, 4) is 0 Å². The molecule has 1 rings (SSSR count). The van der Waals surface area contributed by atoms with Gasteiger partial charge in [-0.1, -0.05) is 23.2 Å². The van der Waals surface area contributed by atoms with Crippen LogP contribution in [0.2, 0.25) is 8.67 Å². The number of sulfonamides is 1. The molecule has 2 unspecified atom stereocenters. The van der Waals surface area contributed by atoms with Gasteiger partial charge in [0.1, 0.15) is 9.23 Å². The summed E-state index contributed by atoms with van der Waals surface area (Å²) in [7, 11) is -3.75. The number of aliphatic hydroxyl groups excluding tert-OH is 1. The molecule has 0 bridgehead atoms. The molecule has 5 nitrogen and oxygen atoms in total. The van der Waals surface area contributed by atoms with E-state index in [2.05, 4.69) is 4.72 Å². The van der Waals surface area contributed by atoms with Crippen LogP contribution >= 0.6 is 34.5 Å². The third-order valence-electron chi connectivity index (χ3n) is 2.04. The van der Waals surface area contributed by atoms with Gasteiger partial charge in [0.05, 0.1) is 10.4 Å². The number of halogens is 2. The number of hydrogen-bond acceptors (Lipinski definition) is 5. The highest BCUT2D eigenvalue weighted by atomic mass is 35.5. The second kappa shape index (κ2) is 5.83. The quantitative estimate of drug-likeness (QED) is 0.756. The molecule has 0 aliphatic carbocycles. The number of nitrogens with two attached hydrogens (primary N) is 1. The van der Waals surface area contributed by atoms with Crippen LogP contribution in [0.1, 0.15) is 6.92 Å². The largest absolute Gasteiger partial charge is 0.392 e. The first-order chi connectivity index (χ1) is 7.74. The van der Waals surface area contributed by atoms with Gasteiger partial charge in [-0.2, -0.15) is 0 Å². The van der Waals surface area contributed by atoms with E-state index in [1.807, 2.05) is 0 Å². The fourth-order valence-corrected chi connectivity index (χ4v) is 4.18. The van der Waals surface area contributed by atoms with E-state index in [-0.39, 0.29) is 20.1 Å². The lowest BCUT2D eigenvalue weighted by Crippen LogP contribution is -2.43. The molecule has 17 heavy (non-hydrogen) atoms. The second-order valence-electron chi connectivity index (χ2n) is 3.44. The molecule has 0 spiro atoms. The Kier molecular flexibility index (Phi) is 5.21. The molecule has 1 aromatic rings. The van der Waals surface area contributed by atoms with E-state index >= 15 is 0 Å². The molecule has 0 amide bonds. The summed E-state index contributed by atoms with van der Waals surface area (Å²) >= 11 is 12.4. The smallest absolute Gasteiger partial charge is 0.243 e. The Morgan fingerprint density at radius 2 is 2.18 bits per heavy atom. The fraction of sp³-hybridized carbons (Fsp3) is 0.500. The number of aliphatic hydroxyl groups is 1. The Morgan fingerprint density at radius 1 is 1.59 bits per heavy atom. The van der Waals surface area contributed by atoms with Crippen molar-refractivity contribution in [2.45, 2.75) is 24.0 Å². The van der Waals surface area contributed by atoms with Gasteiger partial charge in [0.25, 0.3) is 0 Å². The number of nitrogens with one attached hydrogen (secondary N) is 1. The van der Waals surface area contributed by atoms with Gasteiger partial charge in [0, 0.05) is 12.6 Å². The molecule has 0 aliphatic heterocycles. The Morgan fingerprint density at radius 3 is 2.59 bits per heavy atom. The number of hydrogen-bond donors (Lipinski definition) is 3. The van der Waals surface area contributed by atoms with E-state index in [9.17, 15) is 8.42 Å². The van der Waals surface area contributed by atoms with Crippen LogP contribution in [0.3, 0.4) is 0 Å². The molecule has 0 fully saturated rings. The zero-order valence-electron chi connectivity index (χ0n) is 8.85. The van der Waals surface area contributed by atoms with Gasteiger partial charge >= 0.3 is 0 Å². The number of thiophene rings is 1. The van der Waals surface area contributed by atoms with Gasteiger partial charge in [0.15, 0.2) is 0 Å². The molecule has 9 heteroatoms. The maximum Gasteiger partial charge on any atom is 0.243 e. The molecule has 0 radical (unpaired) electrons. The molecular weight excluding hydrogens is 307 g/mol. The molecule has 0 saturated heterocycles. The van der Waals surface area contributed by atoms with Gasteiger partial charge < -0.3 is 10.8 Å². The maximum atomic E-state index is 11.8. The molecule has 98 valence electrons. The average molecular weight is 319 g/mol. The third-order valence-corrected chi connectivity index (χ3v) is 5.22. The molecule has 4 N–H and O–H groups in total. The number of rotatable bonds is 5. The van der Waals surface area contributed by atoms with Crippen molar-refractivity contribution in [3.05, 3.63) is 14.7 Å². The van der Waals surface area contributed by atoms with Crippen molar-refractivity contribution in [2.24, 2.45) is 5.73 Å². The lowest BCUT2D eigenvalue weighted by molar-refractivity contribution is 0.164. The van der Waals surface area contributed by atoms with E-state index < -0.39 is 22.2 Å². The summed E-state index contributed by atoms with van der Waals surface area (Å²) < 4.78 is 26.3. The zero-order valence-corrected chi connectivity index (χ0v) is 12.0. The monoisotopic (exact) mass is 318 g/mol. The molecule has 0 aliphatic rings. The average Bonchev–Trinajstić information content (AvgIpc) is 2.55. The van der Waals surface area contributed by atoms with E-state index in [0.717, 1.165) is 11.3 Å².